The topological polar surface area (TPSA) is 106 Å². The van der Waals surface area contributed by atoms with E-state index in [4.69, 9.17) is 9.15 Å². The highest BCUT2D eigenvalue weighted by Crippen LogP contribution is 2.37. The summed E-state index contributed by atoms with van der Waals surface area (Å²) in [7, 11) is -2.88. The lowest BCUT2D eigenvalue weighted by atomic mass is 9.89. The van der Waals surface area contributed by atoms with Crippen molar-refractivity contribution in [3.63, 3.8) is 0 Å². The standard InChI is InChI=1S/C23H24N2O6S/c26-21-6-4-18(23(27)24-21)19-14-31-20-5-1-15-13-16(2-3-17(15)22(19)20)30-10-7-25-8-11-32(28,29)12-9-25/h1-3,5,13-14,18H,4,6-12H2,(H,24,26,27). The number of amides is 2. The van der Waals surface area contributed by atoms with E-state index in [2.05, 4.69) is 10.2 Å². The van der Waals surface area contributed by atoms with Crippen LogP contribution in [0.4, 0.5) is 0 Å². The molecule has 5 rings (SSSR count). The molecule has 168 valence electrons. The van der Waals surface area contributed by atoms with E-state index in [-0.39, 0.29) is 23.3 Å². The molecule has 0 spiro atoms. The van der Waals surface area contributed by atoms with Crippen LogP contribution >= 0.6 is 0 Å². The van der Waals surface area contributed by atoms with Crippen LogP contribution < -0.4 is 10.1 Å². The Balaban J connectivity index is 1.34. The van der Waals surface area contributed by atoms with E-state index in [0.717, 1.165) is 27.5 Å². The number of carbonyl (C=O) groups excluding carboxylic acids is 2. The van der Waals surface area contributed by atoms with Crippen LogP contribution in [0.25, 0.3) is 21.7 Å². The molecule has 2 aromatic carbocycles. The van der Waals surface area contributed by atoms with Crippen molar-refractivity contribution in [3.05, 3.63) is 42.2 Å². The maximum atomic E-state index is 12.4. The Bertz CT molecular complexity index is 1300. The molecule has 0 aliphatic carbocycles. The van der Waals surface area contributed by atoms with Crippen LogP contribution in [0.2, 0.25) is 0 Å². The third-order valence-corrected chi connectivity index (χ3v) is 7.89. The summed E-state index contributed by atoms with van der Waals surface area (Å²) in [6.07, 6.45) is 2.40. The third-order valence-electron chi connectivity index (χ3n) is 6.28. The zero-order chi connectivity index (χ0) is 22.3. The predicted octanol–water partition coefficient (Wildman–Crippen LogP) is 2.22. The molecule has 0 bridgehead atoms. The highest BCUT2D eigenvalue weighted by molar-refractivity contribution is 7.91. The highest BCUT2D eigenvalue weighted by atomic mass is 32.2. The molecule has 3 heterocycles. The Hall–Kier alpha value is -2.91. The summed E-state index contributed by atoms with van der Waals surface area (Å²) in [5.74, 6) is 0.206. The Kier molecular flexibility index (Phi) is 5.38. The molecule has 0 saturated carbocycles. The molecular formula is C23H24N2O6S. The SMILES string of the molecule is O=C1CCC(c2coc3ccc4cc(OCCN5CCS(=O)(=O)CC5)ccc4c23)C(=O)N1. The number of imide groups is 1. The number of piperidine rings is 1. The maximum absolute atomic E-state index is 12.4. The minimum absolute atomic E-state index is 0.208. The molecule has 1 aromatic heterocycles. The van der Waals surface area contributed by atoms with Crippen LogP contribution in [0, 0.1) is 0 Å². The number of nitrogens with zero attached hydrogens (tertiary/aromatic N) is 1. The lowest BCUT2D eigenvalue weighted by Crippen LogP contribution is -2.42. The summed E-state index contributed by atoms with van der Waals surface area (Å²) in [4.78, 5) is 26.0. The Labute approximate surface area is 185 Å². The second-order valence-corrected chi connectivity index (χ2v) is 10.7. The quantitative estimate of drug-likeness (QED) is 0.587. The van der Waals surface area contributed by atoms with Crippen molar-refractivity contribution in [2.24, 2.45) is 0 Å². The minimum atomic E-state index is -2.88. The number of rotatable bonds is 5. The number of furan rings is 1. The molecule has 2 saturated heterocycles. The highest BCUT2D eigenvalue weighted by Gasteiger charge is 2.31. The monoisotopic (exact) mass is 456 g/mol. The van der Waals surface area contributed by atoms with Crippen LogP contribution in [0.3, 0.4) is 0 Å². The normalized spacial score (nSPS) is 21.7. The molecule has 2 amide bonds. The van der Waals surface area contributed by atoms with E-state index in [9.17, 15) is 18.0 Å². The minimum Gasteiger partial charge on any atom is -0.492 e. The first-order chi connectivity index (χ1) is 15.4. The van der Waals surface area contributed by atoms with Gasteiger partial charge in [0.1, 0.15) is 17.9 Å². The Morgan fingerprint density at radius 1 is 1.12 bits per heavy atom. The van der Waals surface area contributed by atoms with Gasteiger partial charge in [-0.3, -0.25) is 19.8 Å². The fraction of sp³-hybridized carbons (Fsp3) is 0.391. The van der Waals surface area contributed by atoms with Crippen molar-refractivity contribution in [3.8, 4) is 5.75 Å². The molecule has 2 fully saturated rings. The molecule has 32 heavy (non-hydrogen) atoms. The van der Waals surface area contributed by atoms with Gasteiger partial charge in [0.25, 0.3) is 0 Å². The Morgan fingerprint density at radius 2 is 1.94 bits per heavy atom. The largest absolute Gasteiger partial charge is 0.492 e. The first-order valence-electron chi connectivity index (χ1n) is 10.7. The van der Waals surface area contributed by atoms with Gasteiger partial charge in [-0.2, -0.15) is 0 Å². The van der Waals surface area contributed by atoms with E-state index in [1.807, 2.05) is 30.3 Å². The number of hydrogen-bond acceptors (Lipinski definition) is 7. The van der Waals surface area contributed by atoms with Gasteiger partial charge in [-0.1, -0.05) is 6.07 Å². The molecule has 3 aromatic rings. The van der Waals surface area contributed by atoms with Gasteiger partial charge < -0.3 is 9.15 Å². The van der Waals surface area contributed by atoms with Crippen molar-refractivity contribution in [2.45, 2.75) is 18.8 Å². The lowest BCUT2D eigenvalue weighted by Gasteiger charge is -2.26. The van der Waals surface area contributed by atoms with Crippen molar-refractivity contribution in [1.82, 2.24) is 10.2 Å². The van der Waals surface area contributed by atoms with Crippen LogP contribution in [0.15, 0.2) is 41.0 Å². The molecule has 8 nitrogen and oxygen atoms in total. The van der Waals surface area contributed by atoms with Gasteiger partial charge in [-0.15, -0.1) is 0 Å². The predicted molar refractivity (Wildman–Crippen MR) is 119 cm³/mol. The average Bonchev–Trinajstić information content (AvgIpc) is 3.19. The van der Waals surface area contributed by atoms with Gasteiger partial charge in [-0.05, 0) is 41.5 Å². The fourth-order valence-corrected chi connectivity index (χ4v) is 5.75. The fourth-order valence-electron chi connectivity index (χ4n) is 4.47. The van der Waals surface area contributed by atoms with Crippen molar-refractivity contribution in [2.75, 3.05) is 37.7 Å². The molecule has 2 aliphatic rings. The summed E-state index contributed by atoms with van der Waals surface area (Å²) in [5, 5.41) is 5.23. The number of benzene rings is 2. The van der Waals surface area contributed by atoms with Gasteiger partial charge in [0.2, 0.25) is 11.8 Å². The van der Waals surface area contributed by atoms with E-state index in [1.165, 1.54) is 0 Å². The zero-order valence-electron chi connectivity index (χ0n) is 17.5. The Morgan fingerprint density at radius 3 is 2.72 bits per heavy atom. The molecule has 1 unspecified atom stereocenters. The number of sulfone groups is 1. The van der Waals surface area contributed by atoms with Gasteiger partial charge in [0.15, 0.2) is 9.84 Å². The van der Waals surface area contributed by atoms with Crippen LogP contribution in [-0.4, -0.2) is 62.9 Å². The molecular weight excluding hydrogens is 432 g/mol. The smallest absolute Gasteiger partial charge is 0.234 e. The van der Waals surface area contributed by atoms with Crippen molar-refractivity contribution < 1.29 is 27.2 Å². The van der Waals surface area contributed by atoms with E-state index >= 15 is 0 Å². The second kappa shape index (κ2) is 8.22. The van der Waals surface area contributed by atoms with E-state index in [0.29, 0.717) is 44.7 Å². The number of ether oxygens (including phenoxy) is 1. The van der Waals surface area contributed by atoms with Gasteiger partial charge in [0, 0.05) is 37.0 Å². The summed E-state index contributed by atoms with van der Waals surface area (Å²) in [6.45, 7) is 2.24. The first kappa shape index (κ1) is 21.0. The molecule has 1 N–H and O–H groups in total. The number of nitrogens with one attached hydrogen (secondary N) is 1. The summed E-state index contributed by atoms with van der Waals surface area (Å²) in [5.41, 5.74) is 1.50. The second-order valence-electron chi connectivity index (χ2n) is 8.36. The van der Waals surface area contributed by atoms with Crippen LogP contribution in [-0.2, 0) is 19.4 Å². The summed E-state index contributed by atoms with van der Waals surface area (Å²) < 4.78 is 34.7. The van der Waals surface area contributed by atoms with Gasteiger partial charge in [0.05, 0.1) is 23.7 Å². The van der Waals surface area contributed by atoms with Crippen molar-refractivity contribution in [1.29, 1.82) is 0 Å². The zero-order valence-corrected chi connectivity index (χ0v) is 18.3. The molecule has 0 radical (unpaired) electrons. The van der Waals surface area contributed by atoms with Gasteiger partial charge >= 0.3 is 0 Å². The molecule has 9 heteroatoms. The van der Waals surface area contributed by atoms with Gasteiger partial charge in [-0.25, -0.2) is 8.42 Å². The average molecular weight is 457 g/mol. The van der Waals surface area contributed by atoms with E-state index in [1.54, 1.807) is 6.26 Å². The number of carbonyl (C=O) groups is 2. The van der Waals surface area contributed by atoms with E-state index < -0.39 is 15.8 Å². The summed E-state index contributed by atoms with van der Waals surface area (Å²) in [6, 6.07) is 9.65. The maximum Gasteiger partial charge on any atom is 0.234 e. The van der Waals surface area contributed by atoms with Crippen molar-refractivity contribution >= 4 is 43.4 Å². The summed E-state index contributed by atoms with van der Waals surface area (Å²) >= 11 is 0. The lowest BCUT2D eigenvalue weighted by molar-refractivity contribution is -0.134. The molecule has 1 atom stereocenters. The number of hydrogen-bond donors (Lipinski definition) is 1. The number of fused-ring (bicyclic) bond motifs is 3. The van der Waals surface area contributed by atoms with Crippen LogP contribution in [0.1, 0.15) is 24.3 Å². The first-order valence-corrected chi connectivity index (χ1v) is 12.5. The third kappa shape index (κ3) is 4.10. The van der Waals surface area contributed by atoms with Crippen LogP contribution in [0.5, 0.6) is 5.75 Å². The molecule has 2 aliphatic heterocycles.